The van der Waals surface area contributed by atoms with Crippen LogP contribution in [-0.2, 0) is 15.1 Å². The number of aromatic nitrogens is 4. The molecule has 2 fully saturated rings. The van der Waals surface area contributed by atoms with Crippen molar-refractivity contribution in [1.29, 1.82) is 0 Å². The molecule has 0 bridgehead atoms. The van der Waals surface area contributed by atoms with E-state index in [0.29, 0.717) is 24.7 Å². The average molecular weight is 471 g/mol. The van der Waals surface area contributed by atoms with Gasteiger partial charge in [-0.1, -0.05) is 26.2 Å². The van der Waals surface area contributed by atoms with Gasteiger partial charge in [-0.15, -0.1) is 0 Å². The zero-order valence-corrected chi connectivity index (χ0v) is 20.9. The Morgan fingerprint density at radius 3 is 2.56 bits per heavy atom. The first-order valence-corrected chi connectivity index (χ1v) is 12.6. The fourth-order valence-electron chi connectivity index (χ4n) is 4.82. The van der Waals surface area contributed by atoms with Crippen molar-refractivity contribution in [3.05, 3.63) is 30.2 Å². The number of ether oxygens (including phenoxy) is 1. The molecule has 0 spiro atoms. The lowest BCUT2D eigenvalue weighted by atomic mass is 9.80. The minimum Gasteiger partial charge on any atom is -0.446 e. The topological polar surface area (TPSA) is 94.3 Å². The molecule has 0 aromatic carbocycles. The van der Waals surface area contributed by atoms with Crippen LogP contribution in [0.5, 0.6) is 0 Å². The number of carbonyl (C=O) groups excluding carboxylic acids is 2. The number of alkyl carbamates (subject to hydrolysis) is 1. The maximum absolute atomic E-state index is 12.9. The normalized spacial score (nSPS) is 21.1. The lowest BCUT2D eigenvalue weighted by molar-refractivity contribution is -0.119. The van der Waals surface area contributed by atoms with E-state index in [-0.39, 0.29) is 29.6 Å². The molecule has 2 aromatic heterocycles. The molecule has 9 nitrogen and oxygen atoms in total. The minimum atomic E-state index is -0.328. The summed E-state index contributed by atoms with van der Waals surface area (Å²) in [5, 5.41) is 13.7. The fraction of sp³-hybridized carbons (Fsp3) is 0.680. The van der Waals surface area contributed by atoms with Gasteiger partial charge in [0, 0.05) is 31.1 Å². The van der Waals surface area contributed by atoms with E-state index in [0.717, 1.165) is 18.5 Å². The average Bonchev–Trinajstić information content (AvgIpc) is 3.46. The Morgan fingerprint density at radius 1 is 1.21 bits per heavy atom. The van der Waals surface area contributed by atoms with Crippen LogP contribution in [0.3, 0.4) is 0 Å². The van der Waals surface area contributed by atoms with Crippen LogP contribution in [0.25, 0.3) is 0 Å². The van der Waals surface area contributed by atoms with E-state index in [9.17, 15) is 9.59 Å². The van der Waals surface area contributed by atoms with Crippen molar-refractivity contribution in [3.8, 4) is 0 Å². The SMILES string of the molecule is CCC(=O)N(c1cc(C2CC(OC(=O)NCC3CCCCC3)C2)nn1C(C)(C)C)n1cccn1. The third-order valence-electron chi connectivity index (χ3n) is 6.84. The van der Waals surface area contributed by atoms with Gasteiger partial charge in [0.1, 0.15) is 6.10 Å². The molecule has 0 saturated heterocycles. The van der Waals surface area contributed by atoms with Gasteiger partial charge in [-0.05, 0) is 58.4 Å². The van der Waals surface area contributed by atoms with Crippen LogP contribution < -0.4 is 10.3 Å². The number of hydrogen-bond acceptors (Lipinski definition) is 5. The van der Waals surface area contributed by atoms with Gasteiger partial charge in [-0.2, -0.15) is 20.0 Å². The van der Waals surface area contributed by atoms with Crippen molar-refractivity contribution >= 4 is 17.8 Å². The molecule has 2 aromatic rings. The molecule has 9 heteroatoms. The summed E-state index contributed by atoms with van der Waals surface area (Å²) in [5.41, 5.74) is 0.583. The highest BCUT2D eigenvalue weighted by atomic mass is 16.6. The van der Waals surface area contributed by atoms with E-state index < -0.39 is 0 Å². The van der Waals surface area contributed by atoms with E-state index >= 15 is 0 Å². The number of nitrogens with one attached hydrogen (secondary N) is 1. The second kappa shape index (κ2) is 10.2. The van der Waals surface area contributed by atoms with E-state index in [1.807, 2.05) is 17.7 Å². The molecule has 2 saturated carbocycles. The lowest BCUT2D eigenvalue weighted by Crippen LogP contribution is -2.39. The van der Waals surface area contributed by atoms with Crippen molar-refractivity contribution in [2.45, 2.75) is 96.6 Å². The number of anilines is 1. The maximum Gasteiger partial charge on any atom is 0.407 e. The fourth-order valence-corrected chi connectivity index (χ4v) is 4.82. The molecule has 186 valence electrons. The molecular weight excluding hydrogens is 432 g/mol. The number of nitrogens with zero attached hydrogens (tertiary/aromatic N) is 5. The van der Waals surface area contributed by atoms with Gasteiger partial charge in [0.25, 0.3) is 0 Å². The molecular formula is C25H38N6O3. The highest BCUT2D eigenvalue weighted by Gasteiger charge is 2.37. The van der Waals surface area contributed by atoms with Crippen LogP contribution in [0.4, 0.5) is 10.6 Å². The smallest absolute Gasteiger partial charge is 0.407 e. The summed E-state index contributed by atoms with van der Waals surface area (Å²) in [6, 6.07) is 3.77. The molecule has 0 aliphatic heterocycles. The van der Waals surface area contributed by atoms with Crippen molar-refractivity contribution in [2.24, 2.45) is 5.92 Å². The van der Waals surface area contributed by atoms with Crippen molar-refractivity contribution in [1.82, 2.24) is 25.0 Å². The van der Waals surface area contributed by atoms with Crippen LogP contribution in [0.2, 0.25) is 0 Å². The number of rotatable bonds is 7. The molecule has 0 atom stereocenters. The number of carbonyl (C=O) groups is 2. The summed E-state index contributed by atoms with van der Waals surface area (Å²) in [4.78, 5) is 26.7. The predicted molar refractivity (Wildman–Crippen MR) is 129 cm³/mol. The Labute approximate surface area is 201 Å². The number of hydrogen-bond donors (Lipinski definition) is 1. The van der Waals surface area contributed by atoms with E-state index in [1.54, 1.807) is 28.3 Å². The second-order valence-corrected chi connectivity index (χ2v) is 10.6. The van der Waals surface area contributed by atoms with Crippen LogP contribution in [0, 0.1) is 5.92 Å². The molecule has 0 radical (unpaired) electrons. The van der Waals surface area contributed by atoms with Gasteiger partial charge < -0.3 is 10.1 Å². The van der Waals surface area contributed by atoms with Gasteiger partial charge in [0.15, 0.2) is 5.82 Å². The second-order valence-electron chi connectivity index (χ2n) is 10.6. The van der Waals surface area contributed by atoms with Crippen molar-refractivity contribution < 1.29 is 14.3 Å². The summed E-state index contributed by atoms with van der Waals surface area (Å²) in [6.45, 7) is 8.74. The van der Waals surface area contributed by atoms with Crippen molar-refractivity contribution in [3.63, 3.8) is 0 Å². The molecule has 2 aliphatic rings. The third-order valence-corrected chi connectivity index (χ3v) is 6.84. The first-order valence-electron chi connectivity index (χ1n) is 12.6. The summed E-state index contributed by atoms with van der Waals surface area (Å²) < 4.78 is 7.52. The first kappa shape index (κ1) is 24.3. The maximum atomic E-state index is 12.9. The Bertz CT molecular complexity index is 965. The third kappa shape index (κ3) is 5.45. The van der Waals surface area contributed by atoms with Crippen LogP contribution in [0.15, 0.2) is 24.5 Å². The highest BCUT2D eigenvalue weighted by Crippen LogP contribution is 2.40. The lowest BCUT2D eigenvalue weighted by Gasteiger charge is -2.33. The first-order chi connectivity index (χ1) is 16.3. The Balaban J connectivity index is 1.41. The van der Waals surface area contributed by atoms with Gasteiger partial charge in [-0.3, -0.25) is 4.79 Å². The zero-order chi connectivity index (χ0) is 24.3. The standard InChI is InChI=1S/C25H38N6O3/c1-5-23(32)30(29-13-9-12-27-29)22-16-21(28-31(22)25(2,3)4)19-14-20(15-19)34-24(33)26-17-18-10-7-6-8-11-18/h9,12-13,16,18-20H,5-8,10-11,14-15,17H2,1-4H3,(H,26,33). The molecule has 1 N–H and O–H groups in total. The molecule has 4 rings (SSSR count). The largest absolute Gasteiger partial charge is 0.446 e. The minimum absolute atomic E-state index is 0.0647. The van der Waals surface area contributed by atoms with Gasteiger partial charge >= 0.3 is 6.09 Å². The molecule has 0 unspecified atom stereocenters. The quantitative estimate of drug-likeness (QED) is 0.639. The van der Waals surface area contributed by atoms with Gasteiger partial charge in [0.05, 0.1) is 17.4 Å². The molecule has 2 amide bonds. The van der Waals surface area contributed by atoms with E-state index in [4.69, 9.17) is 9.84 Å². The summed E-state index contributed by atoms with van der Waals surface area (Å²) in [6.07, 6.45) is 11.0. The Hall–Kier alpha value is -2.84. The Morgan fingerprint density at radius 2 is 1.94 bits per heavy atom. The summed E-state index contributed by atoms with van der Waals surface area (Å²) in [5.74, 6) is 1.39. The highest BCUT2D eigenvalue weighted by molar-refractivity contribution is 5.91. The predicted octanol–water partition coefficient (Wildman–Crippen LogP) is 4.59. The molecule has 2 heterocycles. The van der Waals surface area contributed by atoms with Gasteiger partial charge in [-0.25, -0.2) is 9.48 Å². The number of amides is 2. The molecule has 2 aliphatic carbocycles. The zero-order valence-electron chi connectivity index (χ0n) is 20.9. The summed E-state index contributed by atoms with van der Waals surface area (Å²) in [7, 11) is 0. The van der Waals surface area contributed by atoms with Crippen LogP contribution in [0.1, 0.15) is 90.7 Å². The monoisotopic (exact) mass is 470 g/mol. The van der Waals surface area contributed by atoms with Crippen molar-refractivity contribution in [2.75, 3.05) is 11.6 Å². The van der Waals surface area contributed by atoms with E-state index in [2.05, 4.69) is 31.2 Å². The summed E-state index contributed by atoms with van der Waals surface area (Å²) >= 11 is 0. The van der Waals surface area contributed by atoms with Crippen LogP contribution >= 0.6 is 0 Å². The van der Waals surface area contributed by atoms with Gasteiger partial charge in [0.2, 0.25) is 5.91 Å². The van der Waals surface area contributed by atoms with E-state index in [1.165, 1.54) is 32.1 Å². The van der Waals surface area contributed by atoms with Crippen LogP contribution in [-0.4, -0.2) is 44.3 Å². The molecule has 34 heavy (non-hydrogen) atoms. The Kier molecular flexibility index (Phi) is 7.28.